The van der Waals surface area contributed by atoms with Gasteiger partial charge in [-0.15, -0.1) is 0 Å². The summed E-state index contributed by atoms with van der Waals surface area (Å²) in [4.78, 5) is 10.7. The van der Waals surface area contributed by atoms with E-state index >= 15 is 0 Å². The van der Waals surface area contributed by atoms with Crippen molar-refractivity contribution in [2.45, 2.75) is 0 Å². The minimum Gasteiger partial charge on any atom is -0.495 e. The number of aromatic carboxylic acids is 1. The molecule has 2 aromatic rings. The van der Waals surface area contributed by atoms with Crippen molar-refractivity contribution in [1.82, 2.24) is 0 Å². The van der Waals surface area contributed by atoms with Gasteiger partial charge < -0.3 is 19.6 Å². The first-order valence-corrected chi connectivity index (χ1v) is 5.83. The molecule has 1 heterocycles. The topological polar surface area (TPSA) is 71.7 Å². The SMILES string of the molecule is COc1cc(Nc2ccc(C(=O)O)o2)ccc1Br. The zero-order valence-electron chi connectivity index (χ0n) is 9.44. The van der Waals surface area contributed by atoms with Crippen LogP contribution < -0.4 is 10.1 Å². The lowest BCUT2D eigenvalue weighted by Crippen LogP contribution is -1.93. The highest BCUT2D eigenvalue weighted by molar-refractivity contribution is 9.10. The van der Waals surface area contributed by atoms with Crippen molar-refractivity contribution in [2.75, 3.05) is 12.4 Å². The number of hydrogen-bond acceptors (Lipinski definition) is 4. The molecule has 2 rings (SSSR count). The summed E-state index contributed by atoms with van der Waals surface area (Å²) in [7, 11) is 1.57. The van der Waals surface area contributed by atoms with Gasteiger partial charge in [-0.25, -0.2) is 4.79 Å². The summed E-state index contributed by atoms with van der Waals surface area (Å²) in [6.07, 6.45) is 0. The summed E-state index contributed by atoms with van der Waals surface area (Å²) in [5.41, 5.74) is 0.737. The Morgan fingerprint density at radius 3 is 2.78 bits per heavy atom. The Balaban J connectivity index is 2.20. The summed E-state index contributed by atoms with van der Waals surface area (Å²) >= 11 is 3.35. The molecule has 6 heteroatoms. The predicted molar refractivity (Wildman–Crippen MR) is 69.6 cm³/mol. The molecule has 0 spiro atoms. The maximum Gasteiger partial charge on any atom is 0.371 e. The van der Waals surface area contributed by atoms with E-state index in [4.69, 9.17) is 14.3 Å². The number of halogens is 1. The van der Waals surface area contributed by atoms with Crippen LogP contribution in [0.25, 0.3) is 0 Å². The van der Waals surface area contributed by atoms with Crippen LogP contribution in [-0.2, 0) is 0 Å². The maximum absolute atomic E-state index is 10.7. The molecular formula is C12H10BrNO4. The van der Waals surface area contributed by atoms with Crippen LogP contribution in [0.4, 0.5) is 11.6 Å². The summed E-state index contributed by atoms with van der Waals surface area (Å²) < 4.78 is 11.1. The summed E-state index contributed by atoms with van der Waals surface area (Å²) in [6, 6.07) is 8.35. The predicted octanol–water partition coefficient (Wildman–Crippen LogP) is 3.49. The van der Waals surface area contributed by atoms with E-state index in [0.29, 0.717) is 11.6 Å². The van der Waals surface area contributed by atoms with E-state index in [2.05, 4.69) is 21.2 Å². The van der Waals surface area contributed by atoms with Crippen molar-refractivity contribution in [1.29, 1.82) is 0 Å². The first-order chi connectivity index (χ1) is 8.60. The summed E-state index contributed by atoms with van der Waals surface area (Å²) in [6.45, 7) is 0. The van der Waals surface area contributed by atoms with E-state index in [0.717, 1.165) is 10.2 Å². The highest BCUT2D eigenvalue weighted by Gasteiger charge is 2.09. The van der Waals surface area contributed by atoms with Gasteiger partial charge in [-0.05, 0) is 34.1 Å². The van der Waals surface area contributed by atoms with Crippen LogP contribution >= 0.6 is 15.9 Å². The highest BCUT2D eigenvalue weighted by Crippen LogP contribution is 2.29. The summed E-state index contributed by atoms with van der Waals surface area (Å²) in [5.74, 6) is -0.181. The number of carbonyl (C=O) groups is 1. The van der Waals surface area contributed by atoms with Gasteiger partial charge in [-0.1, -0.05) is 0 Å². The summed E-state index contributed by atoms with van der Waals surface area (Å²) in [5, 5.41) is 11.7. The fourth-order valence-electron chi connectivity index (χ4n) is 1.40. The lowest BCUT2D eigenvalue weighted by Gasteiger charge is -2.07. The average Bonchev–Trinajstić information content (AvgIpc) is 2.80. The van der Waals surface area contributed by atoms with Crippen LogP contribution in [0.1, 0.15) is 10.6 Å². The van der Waals surface area contributed by atoms with Crippen molar-refractivity contribution in [3.63, 3.8) is 0 Å². The van der Waals surface area contributed by atoms with Gasteiger partial charge in [0.15, 0.2) is 5.88 Å². The number of rotatable bonds is 4. The Hall–Kier alpha value is -1.95. The van der Waals surface area contributed by atoms with Gasteiger partial charge in [0.1, 0.15) is 5.75 Å². The van der Waals surface area contributed by atoms with Gasteiger partial charge in [-0.2, -0.15) is 0 Å². The van der Waals surface area contributed by atoms with Crippen LogP contribution in [0.15, 0.2) is 39.2 Å². The van der Waals surface area contributed by atoms with Crippen molar-refractivity contribution in [3.05, 3.63) is 40.6 Å². The molecular weight excluding hydrogens is 302 g/mol. The lowest BCUT2D eigenvalue weighted by atomic mass is 10.3. The molecule has 94 valence electrons. The average molecular weight is 312 g/mol. The van der Waals surface area contributed by atoms with E-state index in [1.807, 2.05) is 12.1 Å². The quantitative estimate of drug-likeness (QED) is 0.904. The molecule has 0 saturated carbocycles. The molecule has 0 bridgehead atoms. The monoisotopic (exact) mass is 311 g/mol. The minimum absolute atomic E-state index is 0.110. The van der Waals surface area contributed by atoms with E-state index in [-0.39, 0.29) is 5.76 Å². The van der Waals surface area contributed by atoms with Crippen molar-refractivity contribution < 1.29 is 19.1 Å². The molecule has 0 radical (unpaired) electrons. The van der Waals surface area contributed by atoms with E-state index in [9.17, 15) is 4.79 Å². The molecule has 0 aliphatic carbocycles. The number of nitrogens with one attached hydrogen (secondary N) is 1. The lowest BCUT2D eigenvalue weighted by molar-refractivity contribution is 0.0663. The Labute approximate surface area is 111 Å². The third-order valence-electron chi connectivity index (χ3n) is 2.24. The largest absolute Gasteiger partial charge is 0.495 e. The number of furan rings is 1. The van der Waals surface area contributed by atoms with Gasteiger partial charge >= 0.3 is 5.97 Å². The van der Waals surface area contributed by atoms with Crippen LogP contribution in [0.3, 0.4) is 0 Å². The fraction of sp³-hybridized carbons (Fsp3) is 0.0833. The number of anilines is 2. The van der Waals surface area contributed by atoms with Gasteiger partial charge in [0, 0.05) is 17.8 Å². The first kappa shape index (κ1) is 12.5. The Kier molecular flexibility index (Phi) is 3.57. The zero-order valence-corrected chi connectivity index (χ0v) is 11.0. The highest BCUT2D eigenvalue weighted by atomic mass is 79.9. The molecule has 18 heavy (non-hydrogen) atoms. The number of carboxylic acid groups (broad SMARTS) is 1. The molecule has 0 aliphatic rings. The molecule has 1 aromatic carbocycles. The van der Waals surface area contributed by atoms with Crippen LogP contribution in [0.2, 0.25) is 0 Å². The molecule has 0 amide bonds. The minimum atomic E-state index is -1.10. The molecule has 0 aliphatic heterocycles. The standard InChI is InChI=1S/C12H10BrNO4/c1-17-10-6-7(2-3-8(10)13)14-11-5-4-9(18-11)12(15)16/h2-6,14H,1H3,(H,15,16). The second-order valence-corrected chi connectivity index (χ2v) is 4.30. The van der Waals surface area contributed by atoms with Gasteiger partial charge in [0.25, 0.3) is 0 Å². The second kappa shape index (κ2) is 5.14. The van der Waals surface area contributed by atoms with Gasteiger partial charge in [0.05, 0.1) is 11.6 Å². The number of carboxylic acids is 1. The number of hydrogen-bond donors (Lipinski definition) is 2. The van der Waals surface area contributed by atoms with Crippen molar-refractivity contribution in [2.24, 2.45) is 0 Å². The van der Waals surface area contributed by atoms with E-state index in [1.165, 1.54) is 6.07 Å². The van der Waals surface area contributed by atoms with Crippen LogP contribution in [0, 0.1) is 0 Å². The normalized spacial score (nSPS) is 10.1. The van der Waals surface area contributed by atoms with Crippen LogP contribution in [0.5, 0.6) is 5.75 Å². The van der Waals surface area contributed by atoms with Crippen LogP contribution in [-0.4, -0.2) is 18.2 Å². The molecule has 0 saturated heterocycles. The first-order valence-electron chi connectivity index (χ1n) is 5.04. The molecule has 1 aromatic heterocycles. The fourth-order valence-corrected chi connectivity index (χ4v) is 1.81. The van der Waals surface area contributed by atoms with E-state index < -0.39 is 5.97 Å². The molecule has 2 N–H and O–H groups in total. The van der Waals surface area contributed by atoms with Gasteiger partial charge in [0.2, 0.25) is 5.76 Å². The zero-order chi connectivity index (χ0) is 13.1. The Morgan fingerprint density at radius 1 is 1.39 bits per heavy atom. The maximum atomic E-state index is 10.7. The number of ether oxygens (including phenoxy) is 1. The van der Waals surface area contributed by atoms with Crippen molar-refractivity contribution >= 4 is 33.5 Å². The Morgan fingerprint density at radius 2 is 2.17 bits per heavy atom. The smallest absolute Gasteiger partial charge is 0.371 e. The van der Waals surface area contributed by atoms with Gasteiger partial charge in [-0.3, -0.25) is 0 Å². The third-order valence-corrected chi connectivity index (χ3v) is 2.89. The van der Waals surface area contributed by atoms with E-state index in [1.54, 1.807) is 19.2 Å². The third kappa shape index (κ3) is 2.65. The number of benzene rings is 1. The Bertz CT molecular complexity index is 579. The molecule has 0 unspecified atom stereocenters. The molecule has 0 atom stereocenters. The number of methoxy groups -OCH3 is 1. The molecule has 5 nitrogen and oxygen atoms in total. The van der Waals surface area contributed by atoms with Crippen molar-refractivity contribution in [3.8, 4) is 5.75 Å². The second-order valence-electron chi connectivity index (χ2n) is 3.44. The molecule has 0 fully saturated rings.